The van der Waals surface area contributed by atoms with Crippen LogP contribution in [0.1, 0.15) is 23.2 Å². The molecule has 2 rings (SSSR count). The number of aromatic hydroxyl groups is 1. The van der Waals surface area contributed by atoms with E-state index in [-0.39, 0.29) is 11.3 Å². The highest BCUT2D eigenvalue weighted by molar-refractivity contribution is 5.97. The molecule has 1 saturated carbocycles. The topological polar surface area (TPSA) is 75.3 Å². The molecule has 4 nitrogen and oxygen atoms in total. The summed E-state index contributed by atoms with van der Waals surface area (Å²) in [5.41, 5.74) is 4.79. The molecule has 1 aliphatic rings. The van der Waals surface area contributed by atoms with Gasteiger partial charge in [0.1, 0.15) is 17.1 Å². The van der Waals surface area contributed by atoms with E-state index in [9.17, 15) is 14.3 Å². The third-order valence-electron chi connectivity index (χ3n) is 2.84. The van der Waals surface area contributed by atoms with Crippen molar-refractivity contribution in [3.8, 4) is 5.75 Å². The molecule has 0 aromatic heterocycles. The van der Waals surface area contributed by atoms with Crippen LogP contribution < -0.4 is 11.1 Å². The summed E-state index contributed by atoms with van der Waals surface area (Å²) in [7, 11) is 0. The largest absolute Gasteiger partial charge is 0.507 e. The molecule has 0 atom stereocenters. The van der Waals surface area contributed by atoms with Crippen molar-refractivity contribution in [3.63, 3.8) is 0 Å². The molecular weight excluding hydrogens is 211 g/mol. The SMILES string of the molecule is NCC1(NC(=O)c2c(O)cccc2F)CC1. The summed E-state index contributed by atoms with van der Waals surface area (Å²) in [6.45, 7) is 0.327. The monoisotopic (exact) mass is 224 g/mol. The number of carbonyl (C=O) groups excluding carboxylic acids is 1. The second-order valence-electron chi connectivity index (χ2n) is 4.07. The number of carbonyl (C=O) groups is 1. The van der Waals surface area contributed by atoms with E-state index in [1.165, 1.54) is 12.1 Å². The van der Waals surface area contributed by atoms with Gasteiger partial charge in [-0.2, -0.15) is 0 Å². The molecule has 0 saturated heterocycles. The van der Waals surface area contributed by atoms with Gasteiger partial charge in [0, 0.05) is 6.54 Å². The smallest absolute Gasteiger partial charge is 0.258 e. The average Bonchev–Trinajstić information content (AvgIpc) is 2.98. The maximum Gasteiger partial charge on any atom is 0.258 e. The van der Waals surface area contributed by atoms with Crippen LogP contribution in [0.5, 0.6) is 5.75 Å². The quantitative estimate of drug-likeness (QED) is 0.709. The Hall–Kier alpha value is -1.62. The van der Waals surface area contributed by atoms with E-state index < -0.39 is 17.3 Å². The summed E-state index contributed by atoms with van der Waals surface area (Å²) in [5, 5.41) is 12.1. The number of phenolic OH excluding ortho intramolecular Hbond substituents is 1. The Labute approximate surface area is 92.3 Å². The molecule has 5 heteroatoms. The minimum atomic E-state index is -0.731. The third-order valence-corrected chi connectivity index (χ3v) is 2.84. The lowest BCUT2D eigenvalue weighted by Gasteiger charge is -2.15. The summed E-state index contributed by atoms with van der Waals surface area (Å²) in [4.78, 5) is 11.7. The van der Waals surface area contributed by atoms with Crippen molar-refractivity contribution < 1.29 is 14.3 Å². The van der Waals surface area contributed by atoms with Crippen molar-refractivity contribution in [2.75, 3.05) is 6.54 Å². The van der Waals surface area contributed by atoms with Gasteiger partial charge in [0.05, 0.1) is 5.54 Å². The van der Waals surface area contributed by atoms with E-state index >= 15 is 0 Å². The molecule has 0 aliphatic heterocycles. The van der Waals surface area contributed by atoms with E-state index in [0.29, 0.717) is 6.54 Å². The maximum absolute atomic E-state index is 13.3. The predicted molar refractivity (Wildman–Crippen MR) is 56.6 cm³/mol. The summed E-state index contributed by atoms with van der Waals surface area (Å²) in [6.07, 6.45) is 1.59. The lowest BCUT2D eigenvalue weighted by atomic mass is 10.1. The van der Waals surface area contributed by atoms with Gasteiger partial charge < -0.3 is 16.2 Å². The molecule has 0 bridgehead atoms. The van der Waals surface area contributed by atoms with E-state index in [1.807, 2.05) is 0 Å². The molecular formula is C11H13FN2O2. The molecule has 1 aromatic rings. The fourth-order valence-electron chi connectivity index (χ4n) is 1.57. The summed E-state index contributed by atoms with van der Waals surface area (Å²) in [6, 6.07) is 3.76. The molecule has 1 aromatic carbocycles. The lowest BCUT2D eigenvalue weighted by molar-refractivity contribution is 0.0926. The molecule has 0 unspecified atom stereocenters. The van der Waals surface area contributed by atoms with Crippen LogP contribution in [0.15, 0.2) is 18.2 Å². The fraction of sp³-hybridized carbons (Fsp3) is 0.364. The third kappa shape index (κ3) is 1.86. The van der Waals surface area contributed by atoms with E-state index in [4.69, 9.17) is 5.73 Å². The molecule has 1 amide bonds. The highest BCUT2D eigenvalue weighted by Gasteiger charge is 2.43. The molecule has 0 radical (unpaired) electrons. The van der Waals surface area contributed by atoms with E-state index in [2.05, 4.69) is 5.32 Å². The Morgan fingerprint density at radius 3 is 2.75 bits per heavy atom. The molecule has 86 valence electrons. The number of nitrogens with one attached hydrogen (secondary N) is 1. The van der Waals surface area contributed by atoms with Crippen molar-refractivity contribution in [2.45, 2.75) is 18.4 Å². The Bertz CT molecular complexity index is 410. The van der Waals surface area contributed by atoms with E-state index in [0.717, 1.165) is 18.9 Å². The number of nitrogens with two attached hydrogens (primary N) is 1. The number of amides is 1. The van der Waals surface area contributed by atoms with Crippen LogP contribution in [0.2, 0.25) is 0 Å². The van der Waals surface area contributed by atoms with Gasteiger partial charge in [-0.25, -0.2) is 4.39 Å². The van der Waals surface area contributed by atoms with Gasteiger partial charge in [-0.05, 0) is 25.0 Å². The van der Waals surface area contributed by atoms with Gasteiger partial charge in [0.25, 0.3) is 5.91 Å². The van der Waals surface area contributed by atoms with Crippen molar-refractivity contribution in [1.29, 1.82) is 0 Å². The van der Waals surface area contributed by atoms with Crippen LogP contribution in [0.25, 0.3) is 0 Å². The van der Waals surface area contributed by atoms with Crippen LogP contribution in [0.3, 0.4) is 0 Å². The van der Waals surface area contributed by atoms with Gasteiger partial charge in [0.15, 0.2) is 0 Å². The number of rotatable bonds is 3. The highest BCUT2D eigenvalue weighted by Crippen LogP contribution is 2.34. The first kappa shape index (κ1) is 10.9. The molecule has 1 fully saturated rings. The zero-order valence-corrected chi connectivity index (χ0v) is 8.66. The normalized spacial score (nSPS) is 16.9. The minimum absolute atomic E-state index is 0.317. The zero-order valence-electron chi connectivity index (χ0n) is 8.66. The molecule has 4 N–H and O–H groups in total. The van der Waals surface area contributed by atoms with Crippen LogP contribution >= 0.6 is 0 Å². The lowest BCUT2D eigenvalue weighted by Crippen LogP contribution is -2.42. The molecule has 16 heavy (non-hydrogen) atoms. The average molecular weight is 224 g/mol. The van der Waals surface area contributed by atoms with Crippen molar-refractivity contribution in [1.82, 2.24) is 5.32 Å². The Morgan fingerprint density at radius 1 is 1.56 bits per heavy atom. The van der Waals surface area contributed by atoms with Crippen molar-refractivity contribution >= 4 is 5.91 Å². The molecule has 0 spiro atoms. The van der Waals surface area contributed by atoms with Gasteiger partial charge >= 0.3 is 0 Å². The van der Waals surface area contributed by atoms with Gasteiger partial charge in [-0.1, -0.05) is 6.07 Å². The van der Waals surface area contributed by atoms with Crippen molar-refractivity contribution in [3.05, 3.63) is 29.6 Å². The standard InChI is InChI=1S/C11H13FN2O2/c12-7-2-1-3-8(15)9(7)10(16)14-11(6-13)4-5-11/h1-3,15H,4-6,13H2,(H,14,16). The van der Waals surface area contributed by atoms with Crippen LogP contribution in [-0.2, 0) is 0 Å². The summed E-state index contributed by atoms with van der Waals surface area (Å²) < 4.78 is 13.3. The van der Waals surface area contributed by atoms with E-state index in [1.54, 1.807) is 0 Å². The summed E-state index contributed by atoms with van der Waals surface area (Å²) >= 11 is 0. The zero-order chi connectivity index (χ0) is 11.8. The maximum atomic E-state index is 13.3. The van der Waals surface area contributed by atoms with Gasteiger partial charge in [0.2, 0.25) is 0 Å². The van der Waals surface area contributed by atoms with Crippen LogP contribution in [-0.4, -0.2) is 23.1 Å². The Morgan fingerprint density at radius 2 is 2.25 bits per heavy atom. The number of halogens is 1. The summed E-state index contributed by atoms with van der Waals surface area (Å²) in [5.74, 6) is -1.70. The van der Waals surface area contributed by atoms with Gasteiger partial charge in [-0.15, -0.1) is 0 Å². The first-order valence-corrected chi connectivity index (χ1v) is 5.08. The number of phenols is 1. The fourth-order valence-corrected chi connectivity index (χ4v) is 1.57. The first-order valence-electron chi connectivity index (χ1n) is 5.08. The minimum Gasteiger partial charge on any atom is -0.507 e. The number of benzene rings is 1. The van der Waals surface area contributed by atoms with Crippen molar-refractivity contribution in [2.24, 2.45) is 5.73 Å². The van der Waals surface area contributed by atoms with Gasteiger partial charge in [-0.3, -0.25) is 4.79 Å². The number of hydrogen-bond donors (Lipinski definition) is 3. The number of hydrogen-bond acceptors (Lipinski definition) is 3. The van der Waals surface area contributed by atoms with Crippen LogP contribution in [0, 0.1) is 5.82 Å². The Balaban J connectivity index is 2.21. The Kier molecular flexibility index (Phi) is 2.55. The predicted octanol–water partition coefficient (Wildman–Crippen LogP) is 0.752. The van der Waals surface area contributed by atoms with Crippen LogP contribution in [0.4, 0.5) is 4.39 Å². The first-order chi connectivity index (χ1) is 7.58. The highest BCUT2D eigenvalue weighted by atomic mass is 19.1. The second-order valence-corrected chi connectivity index (χ2v) is 4.07. The molecule has 1 aliphatic carbocycles. The molecule has 0 heterocycles. The second kappa shape index (κ2) is 3.75.